The van der Waals surface area contributed by atoms with Gasteiger partial charge in [0.15, 0.2) is 5.78 Å². The number of allylic oxidation sites excluding steroid dienone is 1. The van der Waals surface area contributed by atoms with Crippen LogP contribution in [0.1, 0.15) is 28.8 Å². The van der Waals surface area contributed by atoms with Crippen LogP contribution in [0.25, 0.3) is 6.08 Å². The topological polar surface area (TPSA) is 40.9 Å². The van der Waals surface area contributed by atoms with Crippen LogP contribution < -0.4 is 0 Å². The molecule has 0 radical (unpaired) electrons. The highest BCUT2D eigenvalue weighted by Crippen LogP contribution is 2.13. The van der Waals surface area contributed by atoms with Crippen molar-refractivity contribution in [3.05, 3.63) is 41.5 Å². The number of nitriles is 1. The molecule has 1 rings (SSSR count). The van der Waals surface area contributed by atoms with Crippen LogP contribution in [0, 0.1) is 11.3 Å². The number of carbonyl (C=O) groups is 1. The van der Waals surface area contributed by atoms with Crippen LogP contribution in [0.4, 0.5) is 0 Å². The molecule has 0 aliphatic carbocycles. The van der Waals surface area contributed by atoms with E-state index in [4.69, 9.17) is 5.26 Å². The van der Waals surface area contributed by atoms with E-state index in [9.17, 15) is 4.79 Å². The predicted octanol–water partition coefficient (Wildman–Crippen LogP) is 3.12. The summed E-state index contributed by atoms with van der Waals surface area (Å²) in [5.74, 6) is 0.652. The maximum atomic E-state index is 11.6. The van der Waals surface area contributed by atoms with Gasteiger partial charge in [-0.25, -0.2) is 0 Å². The van der Waals surface area contributed by atoms with Crippen LogP contribution in [-0.2, 0) is 0 Å². The normalized spacial score (nSPS) is 10.2. The summed E-state index contributed by atoms with van der Waals surface area (Å²) < 4.78 is 0. The average molecular weight is 231 g/mol. The molecule has 1 aromatic rings. The van der Waals surface area contributed by atoms with Crippen molar-refractivity contribution in [2.45, 2.75) is 12.8 Å². The van der Waals surface area contributed by atoms with Gasteiger partial charge < -0.3 is 0 Å². The van der Waals surface area contributed by atoms with E-state index in [1.807, 2.05) is 30.4 Å². The molecule has 0 unspecified atom stereocenters. The monoisotopic (exact) mass is 231 g/mol. The van der Waals surface area contributed by atoms with Crippen LogP contribution in [0.5, 0.6) is 0 Å². The van der Waals surface area contributed by atoms with Crippen molar-refractivity contribution in [2.24, 2.45) is 0 Å². The van der Waals surface area contributed by atoms with Crippen molar-refractivity contribution in [1.29, 1.82) is 5.26 Å². The fraction of sp³-hybridized carbons (Fsp3) is 0.231. The Hall–Kier alpha value is -1.53. The van der Waals surface area contributed by atoms with Gasteiger partial charge in [0.1, 0.15) is 0 Å². The summed E-state index contributed by atoms with van der Waals surface area (Å²) in [6.45, 7) is 0. The van der Waals surface area contributed by atoms with E-state index in [1.165, 1.54) is 0 Å². The Morgan fingerprint density at radius 2 is 2.19 bits per heavy atom. The molecule has 0 N–H and O–H groups in total. The summed E-state index contributed by atoms with van der Waals surface area (Å²) in [6.07, 6.45) is 4.67. The first-order valence-electron chi connectivity index (χ1n) is 5.06. The molecule has 0 fully saturated rings. The lowest BCUT2D eigenvalue weighted by molar-refractivity contribution is 0.0997. The highest BCUT2D eigenvalue weighted by Gasteiger charge is 2.07. The number of ketones is 1. The van der Waals surface area contributed by atoms with Gasteiger partial charge in [0.05, 0.1) is 12.5 Å². The van der Waals surface area contributed by atoms with E-state index in [0.717, 1.165) is 17.7 Å². The van der Waals surface area contributed by atoms with Gasteiger partial charge in [0.25, 0.3) is 0 Å². The van der Waals surface area contributed by atoms with Crippen LogP contribution in [0.3, 0.4) is 0 Å². The van der Waals surface area contributed by atoms with Crippen LogP contribution in [0.2, 0.25) is 0 Å². The number of rotatable bonds is 5. The Morgan fingerprint density at radius 3 is 2.88 bits per heavy atom. The van der Waals surface area contributed by atoms with Crippen LogP contribution in [0.15, 0.2) is 30.3 Å². The van der Waals surface area contributed by atoms with Gasteiger partial charge in [0.2, 0.25) is 0 Å². The summed E-state index contributed by atoms with van der Waals surface area (Å²) in [5.41, 5.74) is 1.48. The van der Waals surface area contributed by atoms with Crippen molar-refractivity contribution >= 4 is 24.5 Å². The standard InChI is InChI=1S/C13H13NOS/c14-9-8-13(15)12-7-2-1-5-11(12)6-3-4-10-16/h1-3,5-7,16H,4,8,10H2. The minimum atomic E-state index is -0.131. The van der Waals surface area contributed by atoms with Gasteiger partial charge in [0, 0.05) is 5.56 Å². The largest absolute Gasteiger partial charge is 0.293 e. The Labute approximate surface area is 101 Å². The van der Waals surface area contributed by atoms with E-state index in [0.29, 0.717) is 5.56 Å². The van der Waals surface area contributed by atoms with E-state index in [-0.39, 0.29) is 12.2 Å². The minimum absolute atomic E-state index is 0.0720. The lowest BCUT2D eigenvalue weighted by Crippen LogP contribution is -1.99. The number of thiol groups is 1. The van der Waals surface area contributed by atoms with Crippen molar-refractivity contribution in [3.8, 4) is 6.07 Å². The summed E-state index contributed by atoms with van der Waals surface area (Å²) in [5, 5.41) is 8.50. The molecule has 0 bridgehead atoms. The van der Waals surface area contributed by atoms with Gasteiger partial charge in [-0.2, -0.15) is 17.9 Å². The quantitative estimate of drug-likeness (QED) is 0.625. The zero-order valence-electron chi connectivity index (χ0n) is 8.89. The highest BCUT2D eigenvalue weighted by molar-refractivity contribution is 7.80. The number of nitrogens with zero attached hydrogens (tertiary/aromatic N) is 1. The number of benzene rings is 1. The first-order valence-corrected chi connectivity index (χ1v) is 5.69. The molecule has 16 heavy (non-hydrogen) atoms. The third-order valence-corrected chi connectivity index (χ3v) is 2.35. The lowest BCUT2D eigenvalue weighted by atomic mass is 10.0. The van der Waals surface area contributed by atoms with E-state index < -0.39 is 0 Å². The zero-order valence-corrected chi connectivity index (χ0v) is 9.78. The van der Waals surface area contributed by atoms with Gasteiger partial charge in [-0.15, -0.1) is 0 Å². The van der Waals surface area contributed by atoms with Crippen LogP contribution >= 0.6 is 12.6 Å². The summed E-state index contributed by atoms with van der Waals surface area (Å²) in [4.78, 5) is 11.6. The van der Waals surface area contributed by atoms with E-state index in [1.54, 1.807) is 12.1 Å². The third-order valence-electron chi connectivity index (χ3n) is 2.09. The molecule has 1 aromatic carbocycles. The molecule has 2 nitrogen and oxygen atoms in total. The number of hydrogen-bond acceptors (Lipinski definition) is 3. The molecular formula is C13H13NOS. The fourth-order valence-electron chi connectivity index (χ4n) is 1.35. The molecule has 0 aliphatic heterocycles. The Bertz CT molecular complexity index is 432. The molecule has 0 aromatic heterocycles. The summed E-state index contributed by atoms with van der Waals surface area (Å²) >= 11 is 4.11. The molecule has 82 valence electrons. The first-order chi connectivity index (χ1) is 7.79. The van der Waals surface area contributed by atoms with E-state index in [2.05, 4.69) is 12.6 Å². The third kappa shape index (κ3) is 3.56. The highest BCUT2D eigenvalue weighted by atomic mass is 32.1. The number of hydrogen-bond donors (Lipinski definition) is 1. The minimum Gasteiger partial charge on any atom is -0.293 e. The maximum absolute atomic E-state index is 11.6. The molecule has 3 heteroatoms. The van der Waals surface area contributed by atoms with Gasteiger partial charge in [-0.3, -0.25) is 4.79 Å². The number of Topliss-reactive ketones (excluding diaryl/α,β-unsaturated/α-hetero) is 1. The Kier molecular flexibility index (Phi) is 5.38. The second kappa shape index (κ2) is 6.86. The Balaban J connectivity index is 2.92. The second-order valence-corrected chi connectivity index (χ2v) is 3.71. The maximum Gasteiger partial charge on any atom is 0.177 e. The Morgan fingerprint density at radius 1 is 1.44 bits per heavy atom. The first kappa shape index (κ1) is 12.5. The summed E-state index contributed by atoms with van der Waals surface area (Å²) in [6, 6.07) is 9.18. The van der Waals surface area contributed by atoms with Crippen molar-refractivity contribution in [1.82, 2.24) is 0 Å². The van der Waals surface area contributed by atoms with Gasteiger partial charge in [-0.05, 0) is 17.7 Å². The summed E-state index contributed by atoms with van der Waals surface area (Å²) in [7, 11) is 0. The fourth-order valence-corrected chi connectivity index (χ4v) is 1.50. The second-order valence-electron chi connectivity index (χ2n) is 3.26. The van der Waals surface area contributed by atoms with Gasteiger partial charge in [-0.1, -0.05) is 36.4 Å². The SMILES string of the molecule is N#CCC(=O)c1ccccc1C=CCCS. The molecule has 0 aliphatic rings. The molecule has 0 amide bonds. The van der Waals surface area contributed by atoms with Gasteiger partial charge >= 0.3 is 0 Å². The molecule has 0 saturated carbocycles. The molecule has 0 saturated heterocycles. The lowest BCUT2D eigenvalue weighted by Gasteiger charge is -2.01. The average Bonchev–Trinajstić information content (AvgIpc) is 2.30. The molecule has 0 heterocycles. The van der Waals surface area contributed by atoms with Crippen molar-refractivity contribution in [3.63, 3.8) is 0 Å². The van der Waals surface area contributed by atoms with Crippen molar-refractivity contribution < 1.29 is 4.79 Å². The molecular weight excluding hydrogens is 218 g/mol. The van der Waals surface area contributed by atoms with Crippen LogP contribution in [-0.4, -0.2) is 11.5 Å². The smallest absolute Gasteiger partial charge is 0.177 e. The number of carbonyl (C=O) groups excluding carboxylic acids is 1. The molecule has 0 spiro atoms. The van der Waals surface area contributed by atoms with Crippen molar-refractivity contribution in [2.75, 3.05) is 5.75 Å². The zero-order chi connectivity index (χ0) is 11.8. The molecule has 0 atom stereocenters. The predicted molar refractivity (Wildman–Crippen MR) is 68.5 cm³/mol. The van der Waals surface area contributed by atoms with E-state index >= 15 is 0 Å².